The highest BCUT2D eigenvalue weighted by Crippen LogP contribution is 2.37. The Kier molecular flexibility index (Phi) is 8.68. The SMILES string of the molecule is CCNc1ccc([C@@H](CC(=O)NC2COC2)c2ccc(C)c(CN3CCOc4ncccc4S3=O)c2)c(C)c1N. The molecule has 0 saturated carbocycles. The molecule has 1 unspecified atom stereocenters. The largest absolute Gasteiger partial charge is 0.475 e. The zero-order valence-electron chi connectivity index (χ0n) is 23.2. The lowest BCUT2D eigenvalue weighted by Crippen LogP contribution is -2.48. The van der Waals surface area contributed by atoms with Crippen molar-refractivity contribution >= 4 is 28.3 Å². The van der Waals surface area contributed by atoms with Crippen LogP contribution in [0.2, 0.25) is 0 Å². The van der Waals surface area contributed by atoms with Gasteiger partial charge < -0.3 is 25.8 Å². The first-order chi connectivity index (χ1) is 19.4. The Morgan fingerprint density at radius 2 is 2.05 bits per heavy atom. The van der Waals surface area contributed by atoms with Crippen molar-refractivity contribution in [2.24, 2.45) is 0 Å². The number of amides is 1. The Morgan fingerprint density at radius 1 is 1.23 bits per heavy atom. The zero-order chi connectivity index (χ0) is 28.2. The summed E-state index contributed by atoms with van der Waals surface area (Å²) in [7, 11) is -1.41. The van der Waals surface area contributed by atoms with Crippen LogP contribution in [0.25, 0.3) is 0 Å². The molecule has 1 saturated heterocycles. The second-order valence-electron chi connectivity index (χ2n) is 10.3. The molecule has 2 aliphatic heterocycles. The topological polar surface area (TPSA) is 119 Å². The number of anilines is 2. The smallest absolute Gasteiger partial charge is 0.231 e. The second-order valence-corrected chi connectivity index (χ2v) is 11.7. The summed E-state index contributed by atoms with van der Waals surface area (Å²) in [6, 6.07) is 14.0. The highest BCUT2D eigenvalue weighted by atomic mass is 32.2. The van der Waals surface area contributed by atoms with Crippen LogP contribution < -0.4 is 21.1 Å². The summed E-state index contributed by atoms with van der Waals surface area (Å²) in [4.78, 5) is 18.0. The first-order valence-corrected chi connectivity index (χ1v) is 14.8. The number of carbonyl (C=O) groups is 1. The van der Waals surface area contributed by atoms with E-state index in [0.29, 0.717) is 49.4 Å². The monoisotopic (exact) mass is 563 g/mol. The predicted molar refractivity (Wildman–Crippen MR) is 157 cm³/mol. The van der Waals surface area contributed by atoms with Gasteiger partial charge in [-0.1, -0.05) is 24.3 Å². The van der Waals surface area contributed by atoms with Crippen molar-refractivity contribution in [1.82, 2.24) is 14.6 Å². The van der Waals surface area contributed by atoms with E-state index in [1.54, 1.807) is 18.3 Å². The summed E-state index contributed by atoms with van der Waals surface area (Å²) in [5.41, 5.74) is 13.2. The quantitative estimate of drug-likeness (QED) is 0.340. The molecule has 2 aromatic carbocycles. The van der Waals surface area contributed by atoms with Crippen molar-refractivity contribution in [1.29, 1.82) is 0 Å². The normalized spacial score (nSPS) is 18.1. The van der Waals surface area contributed by atoms with Crippen molar-refractivity contribution in [2.75, 3.05) is 44.0 Å². The van der Waals surface area contributed by atoms with E-state index >= 15 is 0 Å². The van der Waals surface area contributed by atoms with E-state index in [2.05, 4.69) is 46.8 Å². The van der Waals surface area contributed by atoms with Crippen LogP contribution in [0.5, 0.6) is 5.88 Å². The van der Waals surface area contributed by atoms with Crippen LogP contribution in [0.1, 0.15) is 47.1 Å². The van der Waals surface area contributed by atoms with Gasteiger partial charge in [0.2, 0.25) is 11.8 Å². The lowest BCUT2D eigenvalue weighted by Gasteiger charge is -2.28. The highest BCUT2D eigenvalue weighted by Gasteiger charge is 2.28. The van der Waals surface area contributed by atoms with Crippen LogP contribution in [0, 0.1) is 13.8 Å². The number of benzene rings is 2. The van der Waals surface area contributed by atoms with E-state index in [0.717, 1.165) is 40.0 Å². The van der Waals surface area contributed by atoms with Gasteiger partial charge in [0.1, 0.15) is 22.5 Å². The van der Waals surface area contributed by atoms with E-state index in [-0.39, 0.29) is 24.3 Å². The number of aryl methyl sites for hydroxylation is 1. The summed E-state index contributed by atoms with van der Waals surface area (Å²) in [6.45, 7) is 9.34. The average Bonchev–Trinajstić information content (AvgIpc) is 3.08. The molecule has 1 aromatic heterocycles. The zero-order valence-corrected chi connectivity index (χ0v) is 24.1. The maximum atomic E-state index is 13.5. The van der Waals surface area contributed by atoms with Crippen molar-refractivity contribution in [3.05, 3.63) is 76.5 Å². The number of carbonyl (C=O) groups excluding carboxylic acids is 1. The Balaban J connectivity index is 1.47. The first kappa shape index (κ1) is 28.1. The molecule has 9 nitrogen and oxygen atoms in total. The Hall–Kier alpha value is -3.47. The van der Waals surface area contributed by atoms with Gasteiger partial charge in [-0.3, -0.25) is 4.79 Å². The minimum Gasteiger partial charge on any atom is -0.475 e. The van der Waals surface area contributed by atoms with Gasteiger partial charge in [-0.25, -0.2) is 13.5 Å². The second kappa shape index (κ2) is 12.4. The summed E-state index contributed by atoms with van der Waals surface area (Å²) >= 11 is 0. The van der Waals surface area contributed by atoms with Crippen LogP contribution >= 0.6 is 0 Å². The van der Waals surface area contributed by atoms with Crippen LogP contribution in [0.4, 0.5) is 11.4 Å². The Bertz CT molecular complexity index is 1410. The summed E-state index contributed by atoms with van der Waals surface area (Å²) in [6.07, 6.45) is 1.93. The average molecular weight is 564 g/mol. The third-order valence-electron chi connectivity index (χ3n) is 7.55. The minimum atomic E-state index is -1.41. The van der Waals surface area contributed by atoms with E-state index in [1.807, 2.05) is 24.2 Å². The molecule has 0 bridgehead atoms. The third-order valence-corrected chi connectivity index (χ3v) is 9.02. The molecular weight excluding hydrogens is 526 g/mol. The first-order valence-electron chi connectivity index (χ1n) is 13.7. The molecule has 0 radical (unpaired) electrons. The number of ether oxygens (including phenoxy) is 2. The van der Waals surface area contributed by atoms with Gasteiger partial charge in [0.25, 0.3) is 0 Å². The maximum Gasteiger partial charge on any atom is 0.231 e. The number of nitrogen functional groups attached to an aromatic ring is 1. The van der Waals surface area contributed by atoms with Crippen molar-refractivity contribution in [3.8, 4) is 5.88 Å². The van der Waals surface area contributed by atoms with Crippen molar-refractivity contribution < 1.29 is 18.5 Å². The number of aromatic nitrogens is 1. The minimum absolute atomic E-state index is 0.0240. The maximum absolute atomic E-state index is 13.5. The van der Waals surface area contributed by atoms with Crippen molar-refractivity contribution in [2.45, 2.75) is 50.6 Å². The number of rotatable bonds is 9. The Morgan fingerprint density at radius 3 is 2.80 bits per heavy atom. The molecule has 4 N–H and O–H groups in total. The molecule has 3 heterocycles. The number of hydrogen-bond acceptors (Lipinski definition) is 7. The number of hydrogen-bond donors (Lipinski definition) is 3. The van der Waals surface area contributed by atoms with Gasteiger partial charge in [0.05, 0.1) is 30.6 Å². The van der Waals surface area contributed by atoms with E-state index < -0.39 is 11.0 Å². The van der Waals surface area contributed by atoms with Crippen molar-refractivity contribution in [3.63, 3.8) is 0 Å². The summed E-state index contributed by atoms with van der Waals surface area (Å²) in [5.74, 6) is 0.191. The van der Waals surface area contributed by atoms with Gasteiger partial charge in [-0.05, 0) is 66.8 Å². The molecule has 212 valence electrons. The standard InChI is InChI=1S/C30H37N5O4S/c1-4-32-26-10-9-24(20(3)29(26)31)25(15-28(36)34-23-17-38-18-23)21-8-7-19(2)22(14-21)16-35-12-13-39-30-27(40(35)37)6-5-11-33-30/h5-11,14,23,25,32H,4,12-13,15-18,31H2,1-3H3,(H,34,36)/t25-,40?/m0/s1. The van der Waals surface area contributed by atoms with Gasteiger partial charge in [0, 0.05) is 38.2 Å². The number of nitrogens with two attached hydrogens (primary N) is 1. The molecule has 5 rings (SSSR count). The number of nitrogens with one attached hydrogen (secondary N) is 2. The Labute approximate surface area is 238 Å². The lowest BCUT2D eigenvalue weighted by molar-refractivity contribution is -0.125. The number of nitrogens with zero attached hydrogens (tertiary/aromatic N) is 2. The highest BCUT2D eigenvalue weighted by molar-refractivity contribution is 7.82. The predicted octanol–water partition coefficient (Wildman–Crippen LogP) is 3.67. The summed E-state index contributed by atoms with van der Waals surface area (Å²) in [5, 5.41) is 6.41. The molecule has 3 aromatic rings. The fourth-order valence-electron chi connectivity index (χ4n) is 5.16. The molecule has 0 aliphatic carbocycles. The number of pyridine rings is 1. The molecule has 10 heteroatoms. The fourth-order valence-corrected chi connectivity index (χ4v) is 6.39. The van der Waals surface area contributed by atoms with Crippen LogP contribution in [-0.4, -0.2) is 58.4 Å². The van der Waals surface area contributed by atoms with Crippen LogP contribution in [0.3, 0.4) is 0 Å². The third kappa shape index (κ3) is 5.99. The fraction of sp³-hybridized carbons (Fsp3) is 0.400. The number of fused-ring (bicyclic) bond motifs is 1. The van der Waals surface area contributed by atoms with Gasteiger partial charge >= 0.3 is 0 Å². The molecule has 1 fully saturated rings. The molecule has 2 atom stereocenters. The molecule has 2 aliphatic rings. The summed E-state index contributed by atoms with van der Waals surface area (Å²) < 4.78 is 26.4. The van der Waals surface area contributed by atoms with E-state index in [9.17, 15) is 9.00 Å². The van der Waals surface area contributed by atoms with E-state index in [1.165, 1.54) is 0 Å². The lowest BCUT2D eigenvalue weighted by atomic mass is 9.83. The molecule has 40 heavy (non-hydrogen) atoms. The van der Waals surface area contributed by atoms with Gasteiger partial charge in [0.15, 0.2) is 0 Å². The van der Waals surface area contributed by atoms with Gasteiger partial charge in [-0.2, -0.15) is 0 Å². The molecule has 1 amide bonds. The van der Waals surface area contributed by atoms with Crippen LogP contribution in [-0.2, 0) is 27.1 Å². The van der Waals surface area contributed by atoms with E-state index in [4.69, 9.17) is 15.2 Å². The molecule has 0 spiro atoms. The molecular formula is C30H37N5O4S. The van der Waals surface area contributed by atoms with Crippen LogP contribution in [0.15, 0.2) is 53.6 Å². The van der Waals surface area contributed by atoms with Gasteiger partial charge in [-0.15, -0.1) is 0 Å².